The van der Waals surface area contributed by atoms with E-state index in [1.807, 2.05) is 17.5 Å². The molecular weight excluding hydrogens is 264 g/mol. The minimum Gasteiger partial charge on any atom is -0.389 e. The number of carbonyl (C=O) groups excluding carboxylic acids is 1. The van der Waals surface area contributed by atoms with Crippen LogP contribution in [0.15, 0.2) is 17.5 Å². The van der Waals surface area contributed by atoms with E-state index in [1.54, 1.807) is 25.2 Å². The highest BCUT2D eigenvalue weighted by molar-refractivity contribution is 7.09. The van der Waals surface area contributed by atoms with Crippen LogP contribution in [0.4, 0.5) is 0 Å². The fourth-order valence-corrected chi connectivity index (χ4v) is 2.03. The van der Waals surface area contributed by atoms with Gasteiger partial charge in [0.05, 0.1) is 24.7 Å². The van der Waals surface area contributed by atoms with Crippen LogP contribution < -0.4 is 11.1 Å². The van der Waals surface area contributed by atoms with E-state index in [9.17, 15) is 9.90 Å². The Morgan fingerprint density at radius 2 is 2.37 bits per heavy atom. The Balaban J connectivity index is 2.11. The summed E-state index contributed by atoms with van der Waals surface area (Å²) in [5, 5.41) is 14.7. The van der Waals surface area contributed by atoms with E-state index in [4.69, 9.17) is 10.5 Å². The molecular formula is C13H22N2O3S. The first-order valence-corrected chi connectivity index (χ1v) is 7.08. The first-order valence-electron chi connectivity index (χ1n) is 6.20. The highest BCUT2D eigenvalue weighted by Gasteiger charge is 2.24. The number of rotatable bonds is 9. The topological polar surface area (TPSA) is 84.6 Å². The molecule has 0 saturated heterocycles. The fraction of sp³-hybridized carbons (Fsp3) is 0.615. The van der Waals surface area contributed by atoms with E-state index < -0.39 is 11.5 Å². The summed E-state index contributed by atoms with van der Waals surface area (Å²) in [5.41, 5.74) is 4.64. The Morgan fingerprint density at radius 3 is 2.95 bits per heavy atom. The largest absolute Gasteiger partial charge is 0.389 e. The van der Waals surface area contributed by atoms with Crippen LogP contribution in [0.1, 0.15) is 18.7 Å². The normalized spacial score (nSPS) is 13.4. The number of nitrogens with two attached hydrogens (primary N) is 1. The van der Waals surface area contributed by atoms with Crippen LogP contribution in [-0.2, 0) is 16.1 Å². The summed E-state index contributed by atoms with van der Waals surface area (Å²) in [6.45, 7) is 5.12. The molecule has 1 heterocycles. The zero-order valence-electron chi connectivity index (χ0n) is 11.4. The summed E-state index contributed by atoms with van der Waals surface area (Å²) in [7, 11) is 0. The molecule has 0 aromatic carbocycles. The number of amides is 1. The van der Waals surface area contributed by atoms with Gasteiger partial charge < -0.3 is 20.9 Å². The molecule has 1 rings (SSSR count). The predicted molar refractivity (Wildman–Crippen MR) is 75.8 cm³/mol. The fourth-order valence-electron chi connectivity index (χ4n) is 1.39. The van der Waals surface area contributed by atoms with Gasteiger partial charge in [-0.2, -0.15) is 0 Å². The molecule has 0 saturated carbocycles. The van der Waals surface area contributed by atoms with Crippen LogP contribution in [0, 0.1) is 5.41 Å². The molecule has 5 nitrogen and oxygen atoms in total. The Hall–Kier alpha value is -0.950. The van der Waals surface area contributed by atoms with Gasteiger partial charge in [-0.3, -0.25) is 4.79 Å². The molecule has 1 aromatic heterocycles. The second-order valence-electron chi connectivity index (χ2n) is 5.13. The summed E-state index contributed by atoms with van der Waals surface area (Å²) < 4.78 is 5.40. The molecule has 0 radical (unpaired) electrons. The second-order valence-corrected chi connectivity index (χ2v) is 6.16. The van der Waals surface area contributed by atoms with Crippen molar-refractivity contribution in [3.05, 3.63) is 22.4 Å². The van der Waals surface area contributed by atoms with Crippen LogP contribution in [-0.4, -0.2) is 36.8 Å². The first kappa shape index (κ1) is 16.1. The van der Waals surface area contributed by atoms with Crippen LogP contribution in [0.2, 0.25) is 0 Å². The Bertz CT molecular complexity index is 379. The lowest BCUT2D eigenvalue weighted by molar-refractivity contribution is -0.125. The highest BCUT2D eigenvalue weighted by atomic mass is 32.1. The Kier molecular flexibility index (Phi) is 6.44. The second kappa shape index (κ2) is 7.59. The summed E-state index contributed by atoms with van der Waals surface area (Å²) in [5.74, 6) is -0.358. The van der Waals surface area contributed by atoms with Crippen molar-refractivity contribution >= 4 is 17.2 Å². The maximum Gasteiger partial charge on any atom is 0.224 e. The Labute approximate surface area is 117 Å². The van der Waals surface area contributed by atoms with Crippen molar-refractivity contribution in [3.8, 4) is 0 Å². The molecule has 19 heavy (non-hydrogen) atoms. The molecule has 0 aliphatic heterocycles. The smallest absolute Gasteiger partial charge is 0.224 e. The predicted octanol–water partition coefficient (Wildman–Crippen LogP) is 0.727. The van der Waals surface area contributed by atoms with Crippen LogP contribution in [0.3, 0.4) is 0 Å². The van der Waals surface area contributed by atoms with Gasteiger partial charge in [-0.25, -0.2) is 0 Å². The molecule has 0 bridgehead atoms. The highest BCUT2D eigenvalue weighted by Crippen LogP contribution is 2.12. The standard InChI is InChI=1S/C13H22N2O3S/c1-13(2,12(14)17)9-15-6-10(16)7-18-8-11-4-3-5-19-11/h3-5,10,15-16H,6-9H2,1-2H3,(H2,14,17). The summed E-state index contributed by atoms with van der Waals surface area (Å²) in [6, 6.07) is 3.96. The van der Waals surface area contributed by atoms with Crippen molar-refractivity contribution in [1.82, 2.24) is 5.32 Å². The van der Waals surface area contributed by atoms with Gasteiger partial charge in [0.25, 0.3) is 0 Å². The van der Waals surface area contributed by atoms with Gasteiger partial charge in [0, 0.05) is 18.0 Å². The van der Waals surface area contributed by atoms with E-state index in [1.165, 1.54) is 0 Å². The average molecular weight is 286 g/mol. The lowest BCUT2D eigenvalue weighted by Gasteiger charge is -2.22. The summed E-state index contributed by atoms with van der Waals surface area (Å²) >= 11 is 1.63. The number of carbonyl (C=O) groups is 1. The van der Waals surface area contributed by atoms with Crippen molar-refractivity contribution in [2.75, 3.05) is 19.7 Å². The minimum atomic E-state index is -0.614. The molecule has 108 valence electrons. The third kappa shape index (κ3) is 6.15. The lowest BCUT2D eigenvalue weighted by Crippen LogP contribution is -2.43. The monoisotopic (exact) mass is 286 g/mol. The minimum absolute atomic E-state index is 0.266. The maximum atomic E-state index is 11.1. The SMILES string of the molecule is CC(C)(CNCC(O)COCc1cccs1)C(N)=O. The van der Waals surface area contributed by atoms with Gasteiger partial charge in [-0.05, 0) is 25.3 Å². The number of aliphatic hydroxyl groups is 1. The quantitative estimate of drug-likeness (QED) is 0.625. The Morgan fingerprint density at radius 1 is 1.63 bits per heavy atom. The molecule has 0 aliphatic carbocycles. The molecule has 1 amide bonds. The van der Waals surface area contributed by atoms with Crippen molar-refractivity contribution in [2.45, 2.75) is 26.6 Å². The molecule has 1 atom stereocenters. The number of nitrogens with one attached hydrogen (secondary N) is 1. The third-order valence-electron chi connectivity index (χ3n) is 2.75. The number of hydrogen-bond acceptors (Lipinski definition) is 5. The van der Waals surface area contributed by atoms with Crippen LogP contribution >= 0.6 is 11.3 Å². The molecule has 0 aliphatic rings. The zero-order valence-corrected chi connectivity index (χ0v) is 12.2. The van der Waals surface area contributed by atoms with Crippen LogP contribution in [0.5, 0.6) is 0 Å². The molecule has 4 N–H and O–H groups in total. The molecule has 6 heteroatoms. The van der Waals surface area contributed by atoms with E-state index in [2.05, 4.69) is 5.32 Å². The van der Waals surface area contributed by atoms with E-state index in [0.717, 1.165) is 4.88 Å². The van der Waals surface area contributed by atoms with Gasteiger partial charge in [-0.1, -0.05) is 6.07 Å². The number of ether oxygens (including phenoxy) is 1. The van der Waals surface area contributed by atoms with Gasteiger partial charge in [0.15, 0.2) is 0 Å². The lowest BCUT2D eigenvalue weighted by atomic mass is 9.93. The van der Waals surface area contributed by atoms with Gasteiger partial charge >= 0.3 is 0 Å². The van der Waals surface area contributed by atoms with Gasteiger partial charge in [0.1, 0.15) is 0 Å². The van der Waals surface area contributed by atoms with E-state index in [-0.39, 0.29) is 12.5 Å². The molecule has 1 aromatic rings. The van der Waals surface area contributed by atoms with Gasteiger partial charge in [0.2, 0.25) is 5.91 Å². The summed E-state index contributed by atoms with van der Waals surface area (Å²) in [4.78, 5) is 12.2. The number of primary amides is 1. The average Bonchev–Trinajstić information content (AvgIpc) is 2.81. The maximum absolute atomic E-state index is 11.1. The molecule has 1 unspecified atom stereocenters. The molecule has 0 fully saturated rings. The van der Waals surface area contributed by atoms with Crippen molar-refractivity contribution in [2.24, 2.45) is 11.1 Å². The van der Waals surface area contributed by atoms with Crippen LogP contribution in [0.25, 0.3) is 0 Å². The number of thiophene rings is 1. The number of aliphatic hydroxyl groups excluding tert-OH is 1. The van der Waals surface area contributed by atoms with Crippen molar-refractivity contribution in [1.29, 1.82) is 0 Å². The molecule has 0 spiro atoms. The summed E-state index contributed by atoms with van der Waals surface area (Å²) in [6.07, 6.45) is -0.594. The van der Waals surface area contributed by atoms with E-state index >= 15 is 0 Å². The number of hydrogen-bond donors (Lipinski definition) is 3. The first-order chi connectivity index (χ1) is 8.92. The van der Waals surface area contributed by atoms with Gasteiger partial charge in [-0.15, -0.1) is 11.3 Å². The van der Waals surface area contributed by atoms with Crippen molar-refractivity contribution < 1.29 is 14.6 Å². The zero-order chi connectivity index (χ0) is 14.3. The third-order valence-corrected chi connectivity index (χ3v) is 3.60. The van der Waals surface area contributed by atoms with E-state index in [0.29, 0.717) is 19.7 Å². The van der Waals surface area contributed by atoms with Crippen molar-refractivity contribution in [3.63, 3.8) is 0 Å².